The van der Waals surface area contributed by atoms with Crippen LogP contribution in [-0.4, -0.2) is 6.04 Å². The number of para-hydroxylation sites is 1. The second-order valence-electron chi connectivity index (χ2n) is 3.25. The number of anilines is 1. The summed E-state index contributed by atoms with van der Waals surface area (Å²) in [6.45, 7) is 4.29. The lowest BCUT2D eigenvalue weighted by atomic mass is 10.1. The normalized spacial score (nSPS) is 10.6. The topological polar surface area (TPSA) is 12.0 Å². The fourth-order valence-electron chi connectivity index (χ4n) is 1.33. The molecule has 0 bridgehead atoms. The van der Waals surface area contributed by atoms with Crippen molar-refractivity contribution in [3.8, 4) is 0 Å². The molecule has 1 aromatic carbocycles. The molecule has 1 nitrogen and oxygen atoms in total. The van der Waals surface area contributed by atoms with Crippen molar-refractivity contribution >= 4 is 28.9 Å². The largest absolute Gasteiger partial charge is 0.380 e. The molecule has 0 heterocycles. The Morgan fingerprint density at radius 1 is 1.14 bits per heavy atom. The minimum absolute atomic E-state index is 0.437. The highest BCUT2D eigenvalue weighted by atomic mass is 35.5. The van der Waals surface area contributed by atoms with E-state index in [0.29, 0.717) is 16.1 Å². The first-order chi connectivity index (χ1) is 6.69. The van der Waals surface area contributed by atoms with Crippen molar-refractivity contribution in [2.75, 3.05) is 5.32 Å². The molecule has 78 valence electrons. The molecule has 0 fully saturated rings. The van der Waals surface area contributed by atoms with E-state index in [1.54, 1.807) is 0 Å². The predicted molar refractivity (Wildman–Crippen MR) is 64.5 cm³/mol. The van der Waals surface area contributed by atoms with E-state index in [-0.39, 0.29) is 0 Å². The van der Waals surface area contributed by atoms with E-state index < -0.39 is 0 Å². The van der Waals surface area contributed by atoms with E-state index >= 15 is 0 Å². The van der Waals surface area contributed by atoms with Crippen LogP contribution in [0.1, 0.15) is 26.7 Å². The highest BCUT2D eigenvalue weighted by Crippen LogP contribution is 2.30. The van der Waals surface area contributed by atoms with Crippen molar-refractivity contribution in [2.24, 2.45) is 0 Å². The van der Waals surface area contributed by atoms with E-state index in [4.69, 9.17) is 23.2 Å². The Morgan fingerprint density at radius 2 is 1.64 bits per heavy atom. The Bertz CT molecular complexity index is 275. The zero-order valence-electron chi connectivity index (χ0n) is 8.48. The molecule has 0 saturated heterocycles. The second-order valence-corrected chi connectivity index (χ2v) is 4.07. The lowest BCUT2D eigenvalue weighted by Gasteiger charge is -2.18. The molecule has 1 rings (SSSR count). The Balaban J connectivity index is 2.84. The zero-order chi connectivity index (χ0) is 10.6. The summed E-state index contributed by atoms with van der Waals surface area (Å²) in [5, 5.41) is 4.72. The van der Waals surface area contributed by atoms with Crippen LogP contribution in [0.4, 0.5) is 5.69 Å². The predicted octanol–water partition coefficient (Wildman–Crippen LogP) is 4.59. The number of hydrogen-bond acceptors (Lipinski definition) is 1. The maximum absolute atomic E-state index is 6.04. The first-order valence-corrected chi connectivity index (χ1v) is 5.65. The molecule has 14 heavy (non-hydrogen) atoms. The van der Waals surface area contributed by atoms with Crippen molar-refractivity contribution in [3.63, 3.8) is 0 Å². The van der Waals surface area contributed by atoms with Crippen molar-refractivity contribution in [3.05, 3.63) is 28.2 Å². The van der Waals surface area contributed by atoms with Gasteiger partial charge in [-0.1, -0.05) is 43.1 Å². The maximum Gasteiger partial charge on any atom is 0.0721 e. The first kappa shape index (κ1) is 11.7. The van der Waals surface area contributed by atoms with Gasteiger partial charge in [-0.2, -0.15) is 0 Å². The van der Waals surface area contributed by atoms with Crippen LogP contribution in [0.3, 0.4) is 0 Å². The summed E-state index contributed by atoms with van der Waals surface area (Å²) in [4.78, 5) is 0. The van der Waals surface area contributed by atoms with E-state index in [1.807, 2.05) is 18.2 Å². The summed E-state index contributed by atoms with van der Waals surface area (Å²) in [6.07, 6.45) is 2.14. The minimum Gasteiger partial charge on any atom is -0.380 e. The number of benzene rings is 1. The molecule has 1 aromatic rings. The van der Waals surface area contributed by atoms with Crippen LogP contribution >= 0.6 is 23.2 Å². The van der Waals surface area contributed by atoms with Crippen LogP contribution in [0.25, 0.3) is 0 Å². The molecular weight excluding hydrogens is 217 g/mol. The van der Waals surface area contributed by atoms with Crippen molar-refractivity contribution in [2.45, 2.75) is 32.7 Å². The highest BCUT2D eigenvalue weighted by molar-refractivity contribution is 6.39. The van der Waals surface area contributed by atoms with Gasteiger partial charge >= 0.3 is 0 Å². The quantitative estimate of drug-likeness (QED) is 0.800. The molecule has 0 aliphatic heterocycles. The van der Waals surface area contributed by atoms with Gasteiger partial charge in [0.2, 0.25) is 0 Å². The highest BCUT2D eigenvalue weighted by Gasteiger charge is 2.09. The van der Waals surface area contributed by atoms with Crippen LogP contribution < -0.4 is 5.32 Å². The van der Waals surface area contributed by atoms with Gasteiger partial charge in [0.15, 0.2) is 0 Å². The van der Waals surface area contributed by atoms with Crippen LogP contribution in [0, 0.1) is 0 Å². The molecular formula is C11H15Cl2N. The third-order valence-electron chi connectivity index (χ3n) is 2.30. The van der Waals surface area contributed by atoms with Gasteiger partial charge in [0, 0.05) is 6.04 Å². The molecule has 0 atom stereocenters. The molecule has 3 heteroatoms. The molecule has 0 saturated carbocycles. The molecule has 0 aliphatic carbocycles. The third-order valence-corrected chi connectivity index (χ3v) is 2.93. The zero-order valence-corrected chi connectivity index (χ0v) is 9.99. The molecule has 0 aliphatic rings. The van der Waals surface area contributed by atoms with Gasteiger partial charge in [-0.05, 0) is 25.0 Å². The van der Waals surface area contributed by atoms with Crippen LogP contribution in [0.15, 0.2) is 18.2 Å². The molecule has 1 N–H and O–H groups in total. The fraction of sp³-hybridized carbons (Fsp3) is 0.455. The van der Waals surface area contributed by atoms with Gasteiger partial charge in [0.05, 0.1) is 15.7 Å². The Kier molecular flexibility index (Phi) is 4.56. The Hall–Kier alpha value is -0.400. The molecule has 0 amide bonds. The summed E-state index contributed by atoms with van der Waals surface area (Å²) in [7, 11) is 0. The number of rotatable bonds is 4. The van der Waals surface area contributed by atoms with E-state index in [9.17, 15) is 0 Å². The van der Waals surface area contributed by atoms with Crippen molar-refractivity contribution in [1.29, 1.82) is 0 Å². The maximum atomic E-state index is 6.04. The first-order valence-electron chi connectivity index (χ1n) is 4.89. The van der Waals surface area contributed by atoms with Gasteiger partial charge in [-0.3, -0.25) is 0 Å². The van der Waals surface area contributed by atoms with Gasteiger partial charge in [-0.15, -0.1) is 0 Å². The Morgan fingerprint density at radius 3 is 2.07 bits per heavy atom. The average molecular weight is 232 g/mol. The van der Waals surface area contributed by atoms with Gasteiger partial charge < -0.3 is 5.32 Å². The molecule has 0 radical (unpaired) electrons. The van der Waals surface area contributed by atoms with E-state index in [0.717, 1.165) is 18.5 Å². The third kappa shape index (κ3) is 2.79. The summed E-state index contributed by atoms with van der Waals surface area (Å²) in [6, 6.07) is 5.98. The summed E-state index contributed by atoms with van der Waals surface area (Å²) >= 11 is 12.1. The van der Waals surface area contributed by atoms with Crippen LogP contribution in [0.2, 0.25) is 10.0 Å². The Labute approximate surface area is 95.4 Å². The van der Waals surface area contributed by atoms with E-state index in [2.05, 4.69) is 19.2 Å². The second kappa shape index (κ2) is 5.47. The smallest absolute Gasteiger partial charge is 0.0721 e. The summed E-state index contributed by atoms with van der Waals surface area (Å²) in [5.74, 6) is 0. The summed E-state index contributed by atoms with van der Waals surface area (Å²) in [5.41, 5.74) is 0.851. The number of halogens is 2. The van der Waals surface area contributed by atoms with Gasteiger partial charge in [0.1, 0.15) is 0 Å². The van der Waals surface area contributed by atoms with Crippen LogP contribution in [0.5, 0.6) is 0 Å². The number of hydrogen-bond donors (Lipinski definition) is 1. The van der Waals surface area contributed by atoms with Gasteiger partial charge in [0.25, 0.3) is 0 Å². The monoisotopic (exact) mass is 231 g/mol. The lowest BCUT2D eigenvalue weighted by molar-refractivity contribution is 0.672. The lowest BCUT2D eigenvalue weighted by Crippen LogP contribution is -2.17. The standard InChI is InChI=1S/C11H15Cl2N/c1-3-8(4-2)14-11-9(12)6-5-7-10(11)13/h5-8,14H,3-4H2,1-2H3. The number of nitrogens with one attached hydrogen (secondary N) is 1. The van der Waals surface area contributed by atoms with E-state index in [1.165, 1.54) is 0 Å². The minimum atomic E-state index is 0.437. The molecule has 0 spiro atoms. The molecule has 0 aromatic heterocycles. The van der Waals surface area contributed by atoms with Crippen molar-refractivity contribution < 1.29 is 0 Å². The van der Waals surface area contributed by atoms with Crippen LogP contribution in [-0.2, 0) is 0 Å². The average Bonchev–Trinajstić information content (AvgIpc) is 2.18. The summed E-state index contributed by atoms with van der Waals surface area (Å²) < 4.78 is 0. The van der Waals surface area contributed by atoms with Crippen molar-refractivity contribution in [1.82, 2.24) is 0 Å². The van der Waals surface area contributed by atoms with Gasteiger partial charge in [-0.25, -0.2) is 0 Å². The molecule has 0 unspecified atom stereocenters. The SMILES string of the molecule is CCC(CC)Nc1c(Cl)cccc1Cl. The fourth-order valence-corrected chi connectivity index (χ4v) is 1.84.